The van der Waals surface area contributed by atoms with Crippen molar-refractivity contribution in [1.82, 2.24) is 0 Å². The van der Waals surface area contributed by atoms with Crippen LogP contribution in [0.5, 0.6) is 0 Å². The third kappa shape index (κ3) is 7.72. The highest BCUT2D eigenvalue weighted by Gasteiger charge is 2.30. The third-order valence-electron chi connectivity index (χ3n) is 14.7. The summed E-state index contributed by atoms with van der Waals surface area (Å²) in [6, 6.07) is 82.9. The number of anilines is 4. The zero-order chi connectivity index (χ0) is 47.3. The molecule has 2 heteroatoms. The molecule has 1 aliphatic carbocycles. The lowest BCUT2D eigenvalue weighted by Gasteiger charge is -2.39. The van der Waals surface area contributed by atoms with Crippen LogP contribution in [0.3, 0.4) is 0 Å². The van der Waals surface area contributed by atoms with Crippen molar-refractivity contribution in [3.05, 3.63) is 270 Å². The van der Waals surface area contributed by atoms with E-state index in [1.54, 1.807) is 0 Å². The number of hydrogen-bond acceptors (Lipinski definition) is 2. The maximum absolute atomic E-state index is 2.61. The van der Waals surface area contributed by atoms with Gasteiger partial charge in [-0.05, 0) is 158 Å². The Morgan fingerprint density at radius 2 is 0.943 bits per heavy atom. The fourth-order valence-corrected chi connectivity index (χ4v) is 11.3. The summed E-state index contributed by atoms with van der Waals surface area (Å²) in [4.78, 5) is 5.15. The zero-order valence-corrected chi connectivity index (χ0v) is 40.2. The van der Waals surface area contributed by atoms with Crippen LogP contribution in [0.25, 0.3) is 70.9 Å². The largest absolute Gasteiger partial charge is 0.334 e. The molecule has 11 aromatic carbocycles. The van der Waals surface area contributed by atoms with E-state index in [2.05, 4.69) is 274 Å². The third-order valence-corrected chi connectivity index (χ3v) is 14.7. The Kier molecular flexibility index (Phi) is 11.0. The number of fused-ring (bicyclic) bond motifs is 4. The maximum atomic E-state index is 2.61. The van der Waals surface area contributed by atoms with Gasteiger partial charge in [0, 0.05) is 40.0 Å². The van der Waals surface area contributed by atoms with E-state index < -0.39 is 0 Å². The summed E-state index contributed by atoms with van der Waals surface area (Å²) in [5.74, 6) is 0. The Labute approximate surface area is 411 Å². The van der Waals surface area contributed by atoms with Crippen molar-refractivity contribution in [3.63, 3.8) is 0 Å². The molecule has 0 bridgehead atoms. The van der Waals surface area contributed by atoms with Gasteiger partial charge in [0.1, 0.15) is 0 Å². The van der Waals surface area contributed by atoms with Crippen LogP contribution < -0.4 is 9.80 Å². The monoisotopic (exact) mass is 898 g/mol. The second-order valence-corrected chi connectivity index (χ2v) is 19.1. The summed E-state index contributed by atoms with van der Waals surface area (Å²) in [5.41, 5.74) is 18.5. The van der Waals surface area contributed by atoms with Gasteiger partial charge in [0.05, 0.1) is 11.7 Å². The summed E-state index contributed by atoms with van der Waals surface area (Å²) >= 11 is 0. The SMILES string of the molecule is Cc1ccccc1-c1ccc(C)c(-c2ccc(C3=CC(N(c4ccc5ccccc5c4)c4cccc5ccccc45)CC(N(c4ccc5ccccc5c4)c4cccc5ccccc45)=C3)cc2C)c1C. The van der Waals surface area contributed by atoms with Crippen molar-refractivity contribution in [1.29, 1.82) is 0 Å². The minimum absolute atomic E-state index is 0.0739. The molecule has 12 rings (SSSR count). The average molecular weight is 899 g/mol. The Morgan fingerprint density at radius 1 is 0.386 bits per heavy atom. The lowest BCUT2D eigenvalue weighted by molar-refractivity contribution is 0.750. The highest BCUT2D eigenvalue weighted by atomic mass is 15.2. The van der Waals surface area contributed by atoms with E-state index in [0.717, 1.165) is 23.5 Å². The number of hydrogen-bond donors (Lipinski definition) is 0. The molecule has 0 aromatic heterocycles. The van der Waals surface area contributed by atoms with Gasteiger partial charge in [-0.2, -0.15) is 0 Å². The van der Waals surface area contributed by atoms with Gasteiger partial charge in [-0.15, -0.1) is 0 Å². The van der Waals surface area contributed by atoms with Crippen molar-refractivity contribution < 1.29 is 0 Å². The van der Waals surface area contributed by atoms with E-state index in [1.165, 1.54) is 110 Å². The van der Waals surface area contributed by atoms with Crippen LogP contribution >= 0.6 is 0 Å². The minimum atomic E-state index is -0.0739. The van der Waals surface area contributed by atoms with Crippen LogP contribution in [0.2, 0.25) is 0 Å². The Morgan fingerprint density at radius 3 is 1.63 bits per heavy atom. The molecule has 0 N–H and O–H groups in total. The van der Waals surface area contributed by atoms with Crippen molar-refractivity contribution >= 4 is 71.4 Å². The Hall–Kier alpha value is -8.46. The summed E-state index contributed by atoms with van der Waals surface area (Å²) < 4.78 is 0. The second-order valence-electron chi connectivity index (χ2n) is 19.1. The first-order chi connectivity index (χ1) is 34.4. The molecule has 0 fully saturated rings. The van der Waals surface area contributed by atoms with E-state index in [4.69, 9.17) is 0 Å². The van der Waals surface area contributed by atoms with Crippen LogP contribution in [-0.4, -0.2) is 6.04 Å². The zero-order valence-electron chi connectivity index (χ0n) is 40.2. The predicted molar refractivity (Wildman–Crippen MR) is 301 cm³/mol. The van der Waals surface area contributed by atoms with E-state index in [-0.39, 0.29) is 6.04 Å². The summed E-state index contributed by atoms with van der Waals surface area (Å²) in [6.45, 7) is 9.05. The van der Waals surface area contributed by atoms with Crippen molar-refractivity contribution in [2.75, 3.05) is 9.80 Å². The van der Waals surface area contributed by atoms with Gasteiger partial charge in [0.25, 0.3) is 0 Å². The molecule has 0 radical (unpaired) electrons. The van der Waals surface area contributed by atoms with Crippen LogP contribution in [0.15, 0.2) is 242 Å². The molecule has 11 aromatic rings. The first-order valence-electron chi connectivity index (χ1n) is 24.6. The summed E-state index contributed by atoms with van der Waals surface area (Å²) in [5, 5.41) is 9.76. The molecule has 0 spiro atoms. The normalized spacial score (nSPS) is 13.7. The van der Waals surface area contributed by atoms with Crippen LogP contribution in [-0.2, 0) is 0 Å². The molecule has 1 atom stereocenters. The first kappa shape index (κ1) is 42.9. The smallest absolute Gasteiger partial charge is 0.0586 e. The Bertz CT molecular complexity index is 3880. The van der Waals surface area contributed by atoms with Crippen LogP contribution in [0, 0.1) is 27.7 Å². The van der Waals surface area contributed by atoms with Gasteiger partial charge >= 0.3 is 0 Å². The van der Waals surface area contributed by atoms with Gasteiger partial charge < -0.3 is 9.80 Å². The van der Waals surface area contributed by atoms with Gasteiger partial charge in [-0.3, -0.25) is 0 Å². The number of rotatable bonds is 9. The lowest BCUT2D eigenvalue weighted by atomic mass is 9.85. The number of aryl methyl sites for hydroxylation is 3. The average Bonchev–Trinajstić information content (AvgIpc) is 3.39. The minimum Gasteiger partial charge on any atom is -0.334 e. The van der Waals surface area contributed by atoms with Crippen molar-refractivity contribution in [3.8, 4) is 22.3 Å². The standard InChI is InChI=1S/C68H54N2/c1-45-17-5-12-26-61(45)63-37-31-46(2)68(48(63)4)62-38-34-55(39-47(62)3)56-42-59(69(57-35-32-49-18-6-8-22-53(49)40-57)66-29-15-24-51-20-10-13-27-64(51)66)44-60(43-56)70(58-36-33-50-19-7-9-23-54(50)41-58)67-30-16-25-52-21-11-14-28-65(52)67/h5-43,59H,44H2,1-4H3. The highest BCUT2D eigenvalue weighted by molar-refractivity contribution is 6.01. The molecule has 0 aliphatic heterocycles. The quantitative estimate of drug-likeness (QED) is 0.142. The number of nitrogens with zero attached hydrogens (tertiary/aromatic N) is 2. The molecule has 0 amide bonds. The highest BCUT2D eigenvalue weighted by Crippen LogP contribution is 2.46. The van der Waals surface area contributed by atoms with Gasteiger partial charge in [-0.1, -0.05) is 194 Å². The van der Waals surface area contributed by atoms with E-state index >= 15 is 0 Å². The molecule has 2 nitrogen and oxygen atoms in total. The van der Waals surface area contributed by atoms with E-state index in [1.807, 2.05) is 0 Å². The summed E-state index contributed by atoms with van der Waals surface area (Å²) in [7, 11) is 0. The second kappa shape index (κ2) is 17.9. The first-order valence-corrected chi connectivity index (χ1v) is 24.6. The molecule has 0 saturated heterocycles. The molecule has 0 heterocycles. The van der Waals surface area contributed by atoms with Crippen LogP contribution in [0.4, 0.5) is 22.7 Å². The molecule has 70 heavy (non-hydrogen) atoms. The molecule has 1 unspecified atom stereocenters. The van der Waals surface area contributed by atoms with Crippen molar-refractivity contribution in [2.24, 2.45) is 0 Å². The Balaban J connectivity index is 1.09. The van der Waals surface area contributed by atoms with Gasteiger partial charge in [0.2, 0.25) is 0 Å². The lowest BCUT2D eigenvalue weighted by Crippen LogP contribution is -2.34. The number of benzene rings is 11. The van der Waals surface area contributed by atoms with Gasteiger partial charge in [0.15, 0.2) is 0 Å². The summed E-state index contributed by atoms with van der Waals surface area (Å²) in [6.07, 6.45) is 5.75. The topological polar surface area (TPSA) is 6.48 Å². The van der Waals surface area contributed by atoms with E-state index in [9.17, 15) is 0 Å². The van der Waals surface area contributed by atoms with E-state index in [0.29, 0.717) is 0 Å². The van der Waals surface area contributed by atoms with Crippen LogP contribution in [0.1, 0.15) is 34.2 Å². The molecule has 336 valence electrons. The molecular weight excluding hydrogens is 845 g/mol. The van der Waals surface area contributed by atoms with Gasteiger partial charge in [-0.25, -0.2) is 0 Å². The predicted octanol–water partition coefficient (Wildman–Crippen LogP) is 18.6. The fourth-order valence-electron chi connectivity index (χ4n) is 11.3. The number of allylic oxidation sites excluding steroid dienone is 2. The molecule has 0 saturated carbocycles. The maximum Gasteiger partial charge on any atom is 0.0586 e. The molecular formula is C68H54N2. The fraction of sp³-hybridized carbons (Fsp3) is 0.0882. The molecule has 1 aliphatic rings. The van der Waals surface area contributed by atoms with Crippen molar-refractivity contribution in [2.45, 2.75) is 40.2 Å².